The van der Waals surface area contributed by atoms with E-state index in [4.69, 9.17) is 4.52 Å². The van der Waals surface area contributed by atoms with Crippen LogP contribution in [0.5, 0.6) is 0 Å². The Kier molecular flexibility index (Phi) is 6.12. The van der Waals surface area contributed by atoms with Crippen LogP contribution in [-0.2, 0) is 10.0 Å². The summed E-state index contributed by atoms with van der Waals surface area (Å²) in [6.07, 6.45) is 0. The van der Waals surface area contributed by atoms with Crippen LogP contribution in [0.4, 0.5) is 0 Å². The Morgan fingerprint density at radius 3 is 2.06 bits per heavy atom. The smallest absolute Gasteiger partial charge is 0.253 e. The molecule has 2 aromatic carbocycles. The molecule has 1 saturated heterocycles. The van der Waals surface area contributed by atoms with Crippen molar-refractivity contribution in [3.8, 4) is 11.8 Å². The predicted molar refractivity (Wildman–Crippen MR) is 120 cm³/mol. The minimum Gasteiger partial charge on any atom is -0.360 e. The average Bonchev–Trinajstić information content (AvgIpc) is 3.17. The van der Waals surface area contributed by atoms with Crippen LogP contribution in [0.1, 0.15) is 32.9 Å². The van der Waals surface area contributed by atoms with Gasteiger partial charge in [-0.2, -0.15) is 4.31 Å². The molecule has 0 saturated carbocycles. The summed E-state index contributed by atoms with van der Waals surface area (Å²) in [5.41, 5.74) is 2.64. The van der Waals surface area contributed by atoms with E-state index in [-0.39, 0.29) is 29.7 Å². The molecule has 7 nitrogen and oxygen atoms in total. The highest BCUT2D eigenvalue weighted by molar-refractivity contribution is 7.89. The Bertz CT molecular complexity index is 1260. The van der Waals surface area contributed by atoms with Gasteiger partial charge in [0.05, 0.1) is 0 Å². The number of rotatable bonds is 3. The molecular formula is C24H23N3O4S. The number of benzene rings is 2. The maximum absolute atomic E-state index is 12.9. The molecule has 1 aromatic heterocycles. The molecule has 8 heteroatoms. The van der Waals surface area contributed by atoms with Crippen LogP contribution in [0, 0.1) is 25.7 Å². The van der Waals surface area contributed by atoms with E-state index in [9.17, 15) is 13.2 Å². The summed E-state index contributed by atoms with van der Waals surface area (Å²) in [7, 11) is -3.70. The first-order chi connectivity index (χ1) is 15.4. The molecule has 0 atom stereocenters. The molecule has 0 aliphatic carbocycles. The monoisotopic (exact) mass is 449 g/mol. The zero-order valence-corrected chi connectivity index (χ0v) is 18.7. The molecule has 0 bridgehead atoms. The average molecular weight is 450 g/mol. The van der Waals surface area contributed by atoms with E-state index in [1.165, 1.54) is 4.31 Å². The fourth-order valence-corrected chi connectivity index (χ4v) is 5.36. The van der Waals surface area contributed by atoms with E-state index in [0.29, 0.717) is 24.3 Å². The van der Waals surface area contributed by atoms with Crippen molar-refractivity contribution in [1.82, 2.24) is 14.4 Å². The van der Waals surface area contributed by atoms with Gasteiger partial charge < -0.3 is 9.42 Å². The second kappa shape index (κ2) is 8.99. The van der Waals surface area contributed by atoms with Crippen LogP contribution in [-0.4, -0.2) is 54.9 Å². The fourth-order valence-electron chi connectivity index (χ4n) is 3.65. The minimum absolute atomic E-state index is 0.115. The summed E-state index contributed by atoms with van der Waals surface area (Å²) in [4.78, 5) is 14.7. The molecular weight excluding hydrogens is 426 g/mol. The second-order valence-corrected chi connectivity index (χ2v) is 9.42. The lowest BCUT2D eigenvalue weighted by molar-refractivity contribution is 0.0698. The van der Waals surface area contributed by atoms with Crippen molar-refractivity contribution in [3.05, 3.63) is 82.7 Å². The number of hydrogen-bond donors (Lipinski definition) is 0. The summed E-state index contributed by atoms with van der Waals surface area (Å²) in [5, 5.41) is 3.74. The third kappa shape index (κ3) is 4.44. The first-order valence-corrected chi connectivity index (χ1v) is 11.7. The number of piperazine rings is 1. The zero-order chi connectivity index (χ0) is 22.7. The summed E-state index contributed by atoms with van der Waals surface area (Å²) in [6, 6.07) is 16.8. The van der Waals surface area contributed by atoms with Gasteiger partial charge in [-0.25, -0.2) is 8.42 Å². The van der Waals surface area contributed by atoms with Gasteiger partial charge in [0.2, 0.25) is 10.0 Å². The first-order valence-electron chi connectivity index (χ1n) is 10.3. The highest BCUT2D eigenvalue weighted by Gasteiger charge is 2.34. The number of amides is 1. The SMILES string of the molecule is Cc1noc(C)c1S(=O)(=O)N1CCN(C(=O)c2ccc(C#Cc3ccccc3)cc2)CC1. The second-order valence-electron chi connectivity index (χ2n) is 7.54. The third-order valence-corrected chi connectivity index (χ3v) is 7.49. The van der Waals surface area contributed by atoms with E-state index < -0.39 is 10.0 Å². The maximum Gasteiger partial charge on any atom is 0.253 e. The van der Waals surface area contributed by atoms with Crippen molar-refractivity contribution in [2.24, 2.45) is 0 Å². The molecule has 4 rings (SSSR count). The van der Waals surface area contributed by atoms with Gasteiger partial charge >= 0.3 is 0 Å². The number of aromatic nitrogens is 1. The highest BCUT2D eigenvalue weighted by Crippen LogP contribution is 2.24. The lowest BCUT2D eigenvalue weighted by atomic mass is 10.1. The summed E-state index contributed by atoms with van der Waals surface area (Å²) >= 11 is 0. The van der Waals surface area contributed by atoms with Gasteiger partial charge in [-0.05, 0) is 50.2 Å². The van der Waals surface area contributed by atoms with Gasteiger partial charge in [0.25, 0.3) is 5.91 Å². The van der Waals surface area contributed by atoms with E-state index in [0.717, 1.165) is 11.1 Å². The number of carbonyl (C=O) groups is 1. The number of aryl methyl sites for hydroxylation is 2. The van der Waals surface area contributed by atoms with E-state index in [1.807, 2.05) is 42.5 Å². The molecule has 0 N–H and O–H groups in total. The zero-order valence-electron chi connectivity index (χ0n) is 17.9. The largest absolute Gasteiger partial charge is 0.360 e. The molecule has 164 valence electrons. The van der Waals surface area contributed by atoms with Gasteiger partial charge in [0.15, 0.2) is 5.76 Å². The van der Waals surface area contributed by atoms with Crippen LogP contribution < -0.4 is 0 Å². The van der Waals surface area contributed by atoms with E-state index >= 15 is 0 Å². The normalized spacial score (nSPS) is 14.6. The van der Waals surface area contributed by atoms with Gasteiger partial charge in [-0.1, -0.05) is 35.2 Å². The van der Waals surface area contributed by atoms with Crippen molar-refractivity contribution in [2.45, 2.75) is 18.7 Å². The van der Waals surface area contributed by atoms with Crippen LogP contribution in [0.3, 0.4) is 0 Å². The summed E-state index contributed by atoms with van der Waals surface area (Å²) < 4.78 is 32.3. The number of carbonyl (C=O) groups excluding carboxylic acids is 1. The van der Waals surface area contributed by atoms with Crippen LogP contribution in [0.15, 0.2) is 64.0 Å². The van der Waals surface area contributed by atoms with Crippen LogP contribution in [0.25, 0.3) is 0 Å². The lowest BCUT2D eigenvalue weighted by Crippen LogP contribution is -2.50. The Morgan fingerprint density at radius 1 is 0.906 bits per heavy atom. The Morgan fingerprint density at radius 2 is 1.50 bits per heavy atom. The van der Waals surface area contributed by atoms with Crippen LogP contribution in [0.2, 0.25) is 0 Å². The predicted octanol–water partition coefficient (Wildman–Crippen LogP) is 2.84. The molecule has 1 aliphatic rings. The molecule has 1 aliphatic heterocycles. The fraction of sp³-hybridized carbons (Fsp3) is 0.250. The van der Waals surface area contributed by atoms with E-state index in [2.05, 4.69) is 17.0 Å². The van der Waals surface area contributed by atoms with Gasteiger partial charge in [-0.3, -0.25) is 4.79 Å². The summed E-state index contributed by atoms with van der Waals surface area (Å²) in [5.74, 6) is 6.33. The van der Waals surface area contributed by atoms with Gasteiger partial charge in [0.1, 0.15) is 10.6 Å². The third-order valence-electron chi connectivity index (χ3n) is 5.35. The lowest BCUT2D eigenvalue weighted by Gasteiger charge is -2.34. The number of hydrogen-bond acceptors (Lipinski definition) is 5. The molecule has 3 aromatic rings. The van der Waals surface area contributed by atoms with Crippen molar-refractivity contribution >= 4 is 15.9 Å². The first kappa shape index (κ1) is 21.8. The Labute approximate surface area is 187 Å². The molecule has 32 heavy (non-hydrogen) atoms. The van der Waals surface area contributed by atoms with E-state index in [1.54, 1.807) is 30.9 Å². The van der Waals surface area contributed by atoms with Crippen LogP contribution >= 0.6 is 0 Å². The maximum atomic E-state index is 12.9. The molecule has 0 unspecified atom stereocenters. The quantitative estimate of drug-likeness (QED) is 0.574. The number of sulfonamides is 1. The van der Waals surface area contributed by atoms with Crippen molar-refractivity contribution < 1.29 is 17.7 Å². The van der Waals surface area contributed by atoms with Crippen molar-refractivity contribution in [3.63, 3.8) is 0 Å². The molecule has 0 radical (unpaired) electrons. The molecule has 2 heterocycles. The van der Waals surface area contributed by atoms with Gasteiger partial charge in [-0.15, -0.1) is 0 Å². The number of nitrogens with zero attached hydrogens (tertiary/aromatic N) is 3. The molecule has 0 spiro atoms. The van der Waals surface area contributed by atoms with Crippen molar-refractivity contribution in [2.75, 3.05) is 26.2 Å². The Hall–Kier alpha value is -3.41. The highest BCUT2D eigenvalue weighted by atomic mass is 32.2. The van der Waals surface area contributed by atoms with Crippen molar-refractivity contribution in [1.29, 1.82) is 0 Å². The van der Waals surface area contributed by atoms with Gasteiger partial charge in [0, 0.05) is 42.9 Å². The Balaban J connectivity index is 1.40. The minimum atomic E-state index is -3.70. The standard InChI is InChI=1S/C24H23N3O4S/c1-18-23(19(2)31-25-18)32(29,30)27-16-14-26(15-17-27)24(28)22-12-10-21(11-13-22)9-8-20-6-4-3-5-7-20/h3-7,10-13H,14-17H2,1-2H3. The molecule has 1 fully saturated rings. The topological polar surface area (TPSA) is 83.7 Å². The molecule has 1 amide bonds. The summed E-state index contributed by atoms with van der Waals surface area (Å²) in [6.45, 7) is 4.27.